The minimum Gasteiger partial charge on any atom is -0.475 e. The van der Waals surface area contributed by atoms with Crippen molar-refractivity contribution in [2.75, 3.05) is 27.2 Å². The molecule has 0 saturated carbocycles. The molecule has 11 heteroatoms. The van der Waals surface area contributed by atoms with Crippen LogP contribution in [-0.4, -0.2) is 65.0 Å². The fraction of sp³-hybridized carbons (Fsp3) is 0.261. The molecule has 3 aromatic rings. The molecule has 3 rings (SSSR count). The number of nitrogens with one attached hydrogen (secondary N) is 1. The summed E-state index contributed by atoms with van der Waals surface area (Å²) < 4.78 is 33.5. The van der Waals surface area contributed by atoms with Crippen LogP contribution in [0.4, 0.5) is 13.2 Å². The molecule has 0 radical (unpaired) electrons. The standard InChI is InChI=1S/C21H23ClN4O.C2HF3O2/c1-25(2)14-6-13-23-21(27)19-15-26(18-7-4-3-5-8-18)24-20(19)16-9-11-17(22)12-10-16;3-2(4,5)1(6)7/h3-5,7-12,15H,6,13-14H2,1-2H3,(H,23,27);(H,6,7). The van der Waals surface area contributed by atoms with Crippen LogP contribution >= 0.6 is 11.6 Å². The van der Waals surface area contributed by atoms with Crippen molar-refractivity contribution in [2.24, 2.45) is 0 Å². The second-order valence-electron chi connectivity index (χ2n) is 7.39. The summed E-state index contributed by atoms with van der Waals surface area (Å²) in [6, 6.07) is 17.1. The Bertz CT molecular complexity index is 1090. The lowest BCUT2D eigenvalue weighted by Gasteiger charge is -2.09. The normalized spacial score (nSPS) is 11.0. The number of amides is 1. The number of rotatable bonds is 7. The van der Waals surface area contributed by atoms with Gasteiger partial charge in [0.25, 0.3) is 5.91 Å². The molecule has 1 aromatic heterocycles. The quantitative estimate of drug-likeness (QED) is 0.470. The van der Waals surface area contributed by atoms with Gasteiger partial charge in [0, 0.05) is 23.3 Å². The van der Waals surface area contributed by atoms with Gasteiger partial charge in [-0.2, -0.15) is 18.3 Å². The number of para-hydroxylation sites is 1. The maximum Gasteiger partial charge on any atom is 0.490 e. The number of nitrogens with zero attached hydrogens (tertiary/aromatic N) is 3. The number of carbonyl (C=O) groups excluding carboxylic acids is 1. The molecule has 2 aromatic carbocycles. The number of hydrogen-bond donors (Lipinski definition) is 2. The molecule has 0 fully saturated rings. The summed E-state index contributed by atoms with van der Waals surface area (Å²) in [5, 5.41) is 15.4. The van der Waals surface area contributed by atoms with Crippen molar-refractivity contribution in [3.63, 3.8) is 0 Å². The lowest BCUT2D eigenvalue weighted by Crippen LogP contribution is -2.27. The first-order chi connectivity index (χ1) is 16.0. The number of aliphatic carboxylic acids is 1. The summed E-state index contributed by atoms with van der Waals surface area (Å²) >= 11 is 6.00. The minimum absolute atomic E-state index is 0.124. The van der Waals surface area contributed by atoms with Gasteiger partial charge in [0.05, 0.1) is 11.3 Å². The van der Waals surface area contributed by atoms with E-state index in [1.807, 2.05) is 56.6 Å². The summed E-state index contributed by atoms with van der Waals surface area (Å²) in [5.74, 6) is -2.88. The largest absolute Gasteiger partial charge is 0.490 e. The molecule has 1 heterocycles. The van der Waals surface area contributed by atoms with Crippen LogP contribution in [0.25, 0.3) is 16.9 Å². The van der Waals surface area contributed by atoms with Crippen LogP contribution in [0.1, 0.15) is 16.8 Å². The number of alkyl halides is 3. The van der Waals surface area contributed by atoms with Crippen LogP contribution in [0.2, 0.25) is 5.02 Å². The molecule has 0 saturated heterocycles. The van der Waals surface area contributed by atoms with Crippen LogP contribution in [0.5, 0.6) is 0 Å². The number of carbonyl (C=O) groups is 2. The summed E-state index contributed by atoms with van der Waals surface area (Å²) in [4.78, 5) is 23.8. The smallest absolute Gasteiger partial charge is 0.475 e. The second-order valence-corrected chi connectivity index (χ2v) is 7.83. The molecule has 0 bridgehead atoms. The van der Waals surface area contributed by atoms with Gasteiger partial charge in [0.15, 0.2) is 0 Å². The number of halogens is 4. The fourth-order valence-electron chi connectivity index (χ4n) is 2.77. The van der Waals surface area contributed by atoms with Crippen LogP contribution in [0, 0.1) is 0 Å². The molecule has 0 aliphatic heterocycles. The maximum absolute atomic E-state index is 12.8. The van der Waals surface area contributed by atoms with E-state index in [1.165, 1.54) is 0 Å². The summed E-state index contributed by atoms with van der Waals surface area (Å²) in [6.07, 6.45) is -2.41. The number of hydrogen-bond acceptors (Lipinski definition) is 4. The van der Waals surface area contributed by atoms with Gasteiger partial charge in [-0.25, -0.2) is 9.48 Å². The Hall–Kier alpha value is -3.37. The van der Waals surface area contributed by atoms with E-state index in [4.69, 9.17) is 21.5 Å². The monoisotopic (exact) mass is 496 g/mol. The van der Waals surface area contributed by atoms with Gasteiger partial charge in [-0.3, -0.25) is 4.79 Å². The van der Waals surface area contributed by atoms with E-state index in [-0.39, 0.29) is 5.91 Å². The first-order valence-corrected chi connectivity index (χ1v) is 10.5. The zero-order chi connectivity index (χ0) is 25.3. The average Bonchev–Trinajstić information content (AvgIpc) is 3.23. The van der Waals surface area contributed by atoms with Crippen LogP contribution in [0.3, 0.4) is 0 Å². The van der Waals surface area contributed by atoms with Gasteiger partial charge in [-0.05, 0) is 51.3 Å². The number of aromatic nitrogens is 2. The zero-order valence-electron chi connectivity index (χ0n) is 18.5. The summed E-state index contributed by atoms with van der Waals surface area (Å²) in [7, 11) is 4.04. The minimum atomic E-state index is -5.08. The van der Waals surface area contributed by atoms with Gasteiger partial charge < -0.3 is 15.3 Å². The third-order valence-corrected chi connectivity index (χ3v) is 4.66. The van der Waals surface area contributed by atoms with Crippen molar-refractivity contribution in [2.45, 2.75) is 12.6 Å². The van der Waals surface area contributed by atoms with Crippen molar-refractivity contribution in [1.29, 1.82) is 0 Å². The predicted octanol–water partition coefficient (Wildman–Crippen LogP) is 4.51. The SMILES string of the molecule is CN(C)CCCNC(=O)c1cn(-c2ccccc2)nc1-c1ccc(Cl)cc1.O=C(O)C(F)(F)F. The molecule has 0 aliphatic carbocycles. The Kier molecular flexibility index (Phi) is 9.64. The molecule has 0 spiro atoms. The first-order valence-electron chi connectivity index (χ1n) is 10.1. The molecule has 34 heavy (non-hydrogen) atoms. The van der Waals surface area contributed by atoms with E-state index in [1.54, 1.807) is 23.0 Å². The summed E-state index contributed by atoms with van der Waals surface area (Å²) in [5.41, 5.74) is 2.94. The highest BCUT2D eigenvalue weighted by Gasteiger charge is 2.38. The lowest BCUT2D eigenvalue weighted by molar-refractivity contribution is -0.192. The summed E-state index contributed by atoms with van der Waals surface area (Å²) in [6.45, 7) is 1.54. The van der Waals surface area contributed by atoms with Crippen molar-refractivity contribution < 1.29 is 27.9 Å². The van der Waals surface area contributed by atoms with E-state index >= 15 is 0 Å². The molecule has 1 amide bonds. The Labute approximate surface area is 199 Å². The van der Waals surface area contributed by atoms with Gasteiger partial charge in [0.1, 0.15) is 5.69 Å². The van der Waals surface area contributed by atoms with Crippen LogP contribution in [0.15, 0.2) is 60.8 Å². The van der Waals surface area contributed by atoms with Gasteiger partial charge in [0.2, 0.25) is 0 Å². The molecular weight excluding hydrogens is 473 g/mol. The highest BCUT2D eigenvalue weighted by Crippen LogP contribution is 2.25. The Morgan fingerprint density at radius 2 is 1.68 bits per heavy atom. The Balaban J connectivity index is 0.000000509. The number of carboxylic acids is 1. The third-order valence-electron chi connectivity index (χ3n) is 4.41. The van der Waals surface area contributed by atoms with E-state index in [0.717, 1.165) is 24.2 Å². The van der Waals surface area contributed by atoms with E-state index in [9.17, 15) is 18.0 Å². The van der Waals surface area contributed by atoms with Crippen molar-refractivity contribution >= 4 is 23.5 Å². The van der Waals surface area contributed by atoms with Crippen molar-refractivity contribution in [3.05, 3.63) is 71.4 Å². The Morgan fingerprint density at radius 1 is 1.09 bits per heavy atom. The highest BCUT2D eigenvalue weighted by molar-refractivity contribution is 6.30. The third kappa shape index (κ3) is 8.20. The lowest BCUT2D eigenvalue weighted by atomic mass is 10.1. The number of benzene rings is 2. The molecule has 182 valence electrons. The van der Waals surface area contributed by atoms with E-state index in [0.29, 0.717) is 22.8 Å². The molecule has 2 N–H and O–H groups in total. The zero-order valence-corrected chi connectivity index (χ0v) is 19.3. The Morgan fingerprint density at radius 3 is 2.21 bits per heavy atom. The van der Waals surface area contributed by atoms with Crippen LogP contribution < -0.4 is 5.32 Å². The van der Waals surface area contributed by atoms with Gasteiger partial charge in [-0.1, -0.05) is 41.9 Å². The molecule has 0 unspecified atom stereocenters. The molecule has 0 atom stereocenters. The second kappa shape index (κ2) is 12.2. The number of carboxylic acid groups (broad SMARTS) is 1. The van der Waals surface area contributed by atoms with Crippen LogP contribution in [-0.2, 0) is 4.79 Å². The maximum atomic E-state index is 12.8. The highest BCUT2D eigenvalue weighted by atomic mass is 35.5. The predicted molar refractivity (Wildman–Crippen MR) is 123 cm³/mol. The van der Waals surface area contributed by atoms with Crippen molar-refractivity contribution in [3.8, 4) is 16.9 Å². The average molecular weight is 497 g/mol. The molecule has 7 nitrogen and oxygen atoms in total. The van der Waals surface area contributed by atoms with E-state index in [2.05, 4.69) is 15.3 Å². The van der Waals surface area contributed by atoms with Gasteiger partial charge in [-0.15, -0.1) is 0 Å². The van der Waals surface area contributed by atoms with Crippen molar-refractivity contribution in [1.82, 2.24) is 20.0 Å². The molecular formula is C23H24ClF3N4O3. The molecule has 0 aliphatic rings. The fourth-order valence-corrected chi connectivity index (χ4v) is 2.89. The topological polar surface area (TPSA) is 87.5 Å². The van der Waals surface area contributed by atoms with Gasteiger partial charge >= 0.3 is 12.1 Å². The first kappa shape index (κ1) is 26.9. The van der Waals surface area contributed by atoms with E-state index < -0.39 is 12.1 Å².